The number of ketones is 1. The summed E-state index contributed by atoms with van der Waals surface area (Å²) >= 11 is 0. The van der Waals surface area contributed by atoms with Gasteiger partial charge in [-0.15, -0.1) is 0 Å². The van der Waals surface area contributed by atoms with Crippen LogP contribution in [0.2, 0.25) is 0 Å². The second-order valence-corrected chi connectivity index (χ2v) is 10.1. The molecule has 1 heterocycles. The average Bonchev–Trinajstić information content (AvgIpc) is 2.81. The van der Waals surface area contributed by atoms with Crippen molar-refractivity contribution in [1.29, 1.82) is 0 Å². The quantitative estimate of drug-likeness (QED) is 0.354. The Morgan fingerprint density at radius 3 is 2.42 bits per heavy atom. The van der Waals surface area contributed by atoms with Gasteiger partial charge in [0.05, 0.1) is 13.2 Å². The third-order valence-corrected chi connectivity index (χ3v) is 7.51. The number of hydrogen-bond acceptors (Lipinski definition) is 3. The Morgan fingerprint density at radius 2 is 1.61 bits per heavy atom. The van der Waals surface area contributed by atoms with E-state index in [1.54, 1.807) is 0 Å². The first-order chi connectivity index (χ1) is 16.0. The second kappa shape index (κ2) is 11.3. The number of carbonyl (C=O) groups is 1. The molecular weight excluding hydrogens is 408 g/mol. The van der Waals surface area contributed by atoms with E-state index in [0.717, 1.165) is 42.9 Å². The van der Waals surface area contributed by atoms with Crippen molar-refractivity contribution < 1.29 is 14.3 Å². The largest absolute Gasteiger partial charge is 0.346 e. The fourth-order valence-corrected chi connectivity index (χ4v) is 5.51. The summed E-state index contributed by atoms with van der Waals surface area (Å²) in [7, 11) is 0. The van der Waals surface area contributed by atoms with Gasteiger partial charge < -0.3 is 9.47 Å². The zero-order chi connectivity index (χ0) is 23.2. The Kier molecular flexibility index (Phi) is 8.16. The van der Waals surface area contributed by atoms with E-state index in [0.29, 0.717) is 36.5 Å². The predicted molar refractivity (Wildman–Crippen MR) is 135 cm³/mol. The van der Waals surface area contributed by atoms with Gasteiger partial charge in [-0.3, -0.25) is 4.79 Å². The Hall–Kier alpha value is -2.23. The van der Waals surface area contributed by atoms with E-state index >= 15 is 0 Å². The molecule has 4 rings (SSSR count). The van der Waals surface area contributed by atoms with Gasteiger partial charge >= 0.3 is 0 Å². The van der Waals surface area contributed by atoms with Crippen LogP contribution in [0.1, 0.15) is 69.7 Å². The molecule has 176 valence electrons. The molecule has 4 unspecified atom stereocenters. The van der Waals surface area contributed by atoms with Gasteiger partial charge in [0, 0.05) is 5.56 Å². The van der Waals surface area contributed by atoms with Gasteiger partial charge in [0.15, 0.2) is 0 Å². The van der Waals surface area contributed by atoms with E-state index in [4.69, 9.17) is 9.47 Å². The zero-order valence-corrected chi connectivity index (χ0v) is 20.4. The van der Waals surface area contributed by atoms with E-state index in [-0.39, 0.29) is 5.78 Å². The number of fused-ring (bicyclic) bond motifs is 2. The van der Waals surface area contributed by atoms with E-state index in [1.807, 2.05) is 36.4 Å². The van der Waals surface area contributed by atoms with Crippen LogP contribution in [0.25, 0.3) is 10.8 Å². The van der Waals surface area contributed by atoms with Gasteiger partial charge in [-0.2, -0.15) is 0 Å². The Morgan fingerprint density at radius 1 is 0.879 bits per heavy atom. The molecule has 0 spiro atoms. The molecule has 33 heavy (non-hydrogen) atoms. The SMILES string of the molecule is C/C1=C/CCC2CCOC(C(=O)c3ccc4ccccc4c3)OCCC(C)C2C/C=C(\C)C1. The van der Waals surface area contributed by atoms with E-state index in [9.17, 15) is 4.79 Å². The van der Waals surface area contributed by atoms with Crippen molar-refractivity contribution in [3.05, 3.63) is 71.3 Å². The monoisotopic (exact) mass is 446 g/mol. The lowest BCUT2D eigenvalue weighted by atomic mass is 9.74. The maximum atomic E-state index is 13.3. The van der Waals surface area contributed by atoms with Crippen molar-refractivity contribution in [2.45, 2.75) is 65.6 Å². The molecule has 1 fully saturated rings. The molecule has 0 aromatic heterocycles. The van der Waals surface area contributed by atoms with E-state index in [2.05, 4.69) is 39.0 Å². The summed E-state index contributed by atoms with van der Waals surface area (Å²) in [6.07, 6.45) is 10.5. The van der Waals surface area contributed by atoms with E-state index in [1.165, 1.54) is 17.6 Å². The van der Waals surface area contributed by atoms with Gasteiger partial charge in [0.25, 0.3) is 0 Å². The highest BCUT2D eigenvalue weighted by Gasteiger charge is 2.30. The Labute approximate surface area is 198 Å². The molecule has 2 aromatic carbocycles. The average molecular weight is 447 g/mol. The number of Topliss-reactive ketones (excluding diaryl/α,β-unsaturated/α-hetero) is 1. The third-order valence-electron chi connectivity index (χ3n) is 7.51. The lowest BCUT2D eigenvalue weighted by molar-refractivity contribution is -0.125. The van der Waals surface area contributed by atoms with Gasteiger partial charge in [-0.25, -0.2) is 0 Å². The van der Waals surface area contributed by atoms with Crippen molar-refractivity contribution in [3.63, 3.8) is 0 Å². The molecule has 0 N–H and O–H groups in total. The highest BCUT2D eigenvalue weighted by molar-refractivity contribution is 6.01. The molecule has 1 saturated heterocycles. The lowest BCUT2D eigenvalue weighted by Gasteiger charge is -2.34. The number of rotatable bonds is 2. The fraction of sp³-hybridized carbons (Fsp3) is 0.500. The summed E-state index contributed by atoms with van der Waals surface area (Å²) in [6, 6.07) is 13.9. The highest BCUT2D eigenvalue weighted by atomic mass is 16.7. The maximum absolute atomic E-state index is 13.3. The number of allylic oxidation sites excluding steroid dienone is 4. The minimum atomic E-state index is -0.821. The number of benzene rings is 2. The standard InChI is InChI=1S/C30H38O3/c1-21-7-6-10-25-16-18-33-30(32-17-15-23(3)28(25)14-11-22(2)19-21)29(31)27-13-12-24-8-4-5-9-26(24)20-27/h4-5,7-9,11-13,20,23,25,28,30H,6,10,14-19H2,1-3H3/b21-7-,22-11+. The molecule has 1 aliphatic carbocycles. The molecule has 2 aromatic rings. The van der Waals surface area contributed by atoms with Crippen LogP contribution < -0.4 is 0 Å². The zero-order valence-electron chi connectivity index (χ0n) is 20.4. The molecule has 0 bridgehead atoms. The fourth-order valence-electron chi connectivity index (χ4n) is 5.51. The van der Waals surface area contributed by atoms with Crippen molar-refractivity contribution in [2.75, 3.05) is 13.2 Å². The van der Waals surface area contributed by atoms with Crippen LogP contribution in [0.5, 0.6) is 0 Å². The van der Waals surface area contributed by atoms with Crippen LogP contribution in [0.4, 0.5) is 0 Å². The Bertz CT molecular complexity index is 1020. The minimum absolute atomic E-state index is 0.0754. The summed E-state index contributed by atoms with van der Waals surface area (Å²) in [4.78, 5) is 13.3. The summed E-state index contributed by atoms with van der Waals surface area (Å²) in [5.41, 5.74) is 3.60. The van der Waals surface area contributed by atoms with Gasteiger partial charge in [0.2, 0.25) is 12.1 Å². The van der Waals surface area contributed by atoms with Crippen LogP contribution in [-0.2, 0) is 9.47 Å². The van der Waals surface area contributed by atoms with Crippen LogP contribution in [-0.4, -0.2) is 25.3 Å². The van der Waals surface area contributed by atoms with Gasteiger partial charge in [0.1, 0.15) is 0 Å². The van der Waals surface area contributed by atoms with Crippen LogP contribution >= 0.6 is 0 Å². The first-order valence-corrected chi connectivity index (χ1v) is 12.6. The molecule has 0 amide bonds. The molecule has 4 atom stereocenters. The number of carbonyl (C=O) groups excluding carboxylic acids is 1. The van der Waals surface area contributed by atoms with Gasteiger partial charge in [-0.1, -0.05) is 66.6 Å². The predicted octanol–water partition coefficient (Wildman–Crippen LogP) is 7.51. The topological polar surface area (TPSA) is 35.5 Å². The normalized spacial score (nSPS) is 30.9. The van der Waals surface area contributed by atoms with Gasteiger partial charge in [-0.05, 0) is 87.0 Å². The van der Waals surface area contributed by atoms with Crippen LogP contribution in [0.3, 0.4) is 0 Å². The third kappa shape index (κ3) is 6.22. The number of hydrogen-bond donors (Lipinski definition) is 0. The summed E-state index contributed by atoms with van der Waals surface area (Å²) in [5.74, 6) is 1.71. The summed E-state index contributed by atoms with van der Waals surface area (Å²) in [6.45, 7) is 7.98. The lowest BCUT2D eigenvalue weighted by Crippen LogP contribution is -2.33. The van der Waals surface area contributed by atoms with E-state index < -0.39 is 6.29 Å². The smallest absolute Gasteiger partial charge is 0.222 e. The summed E-state index contributed by atoms with van der Waals surface area (Å²) < 4.78 is 12.1. The van der Waals surface area contributed by atoms with Crippen molar-refractivity contribution in [2.24, 2.45) is 17.8 Å². The second-order valence-electron chi connectivity index (χ2n) is 10.1. The van der Waals surface area contributed by atoms with Crippen molar-refractivity contribution in [1.82, 2.24) is 0 Å². The highest BCUT2D eigenvalue weighted by Crippen LogP contribution is 2.35. The molecular formula is C30H38O3. The molecule has 0 saturated carbocycles. The molecule has 2 aliphatic rings. The van der Waals surface area contributed by atoms with Crippen LogP contribution in [0.15, 0.2) is 65.8 Å². The summed E-state index contributed by atoms with van der Waals surface area (Å²) in [5, 5.41) is 2.19. The number of ether oxygens (including phenoxy) is 2. The first-order valence-electron chi connectivity index (χ1n) is 12.6. The molecule has 0 radical (unpaired) electrons. The first kappa shape index (κ1) is 23.9. The molecule has 3 nitrogen and oxygen atoms in total. The molecule has 3 heteroatoms. The van der Waals surface area contributed by atoms with Crippen LogP contribution in [0, 0.1) is 17.8 Å². The van der Waals surface area contributed by atoms with Crippen molar-refractivity contribution >= 4 is 16.6 Å². The maximum Gasteiger partial charge on any atom is 0.222 e. The Balaban J connectivity index is 1.48. The minimum Gasteiger partial charge on any atom is -0.346 e. The van der Waals surface area contributed by atoms with Crippen molar-refractivity contribution in [3.8, 4) is 0 Å². The molecule has 1 aliphatic heterocycles.